The first kappa shape index (κ1) is 12.9. The van der Waals surface area contributed by atoms with Crippen LogP contribution >= 0.6 is 22.7 Å². The van der Waals surface area contributed by atoms with Crippen LogP contribution in [-0.4, -0.2) is 21.1 Å². The third kappa shape index (κ3) is 2.82. The first-order chi connectivity index (χ1) is 8.36. The fraction of sp³-hybridized carbons (Fsp3) is 0.400. The van der Waals surface area contributed by atoms with Crippen LogP contribution in [-0.2, 0) is 5.41 Å². The van der Waals surface area contributed by atoms with Gasteiger partial charge in [0.05, 0.1) is 5.69 Å². The van der Waals surface area contributed by atoms with Gasteiger partial charge in [-0.3, -0.25) is 10.1 Å². The van der Waals surface area contributed by atoms with Crippen LogP contribution in [0.25, 0.3) is 0 Å². The van der Waals surface area contributed by atoms with Gasteiger partial charge in [0.2, 0.25) is 10.1 Å². The number of thiazole rings is 1. The predicted octanol–water partition coefficient (Wildman–Crippen LogP) is 2.13. The summed E-state index contributed by atoms with van der Waals surface area (Å²) in [5.41, 5.74) is 6.33. The predicted molar refractivity (Wildman–Crippen MR) is 73.1 cm³/mol. The Morgan fingerprint density at radius 2 is 2.11 bits per heavy atom. The summed E-state index contributed by atoms with van der Waals surface area (Å²) in [5, 5.41) is 13.0. The Kier molecular flexibility index (Phi) is 3.31. The number of hydrogen-bond acceptors (Lipinski definition) is 7. The number of hydrogen-bond donors (Lipinski definition) is 2. The summed E-state index contributed by atoms with van der Waals surface area (Å²) in [5.74, 6) is -0.334. The summed E-state index contributed by atoms with van der Waals surface area (Å²) in [4.78, 5) is 16.2. The first-order valence-electron chi connectivity index (χ1n) is 5.22. The second-order valence-electron chi connectivity index (χ2n) is 4.69. The summed E-state index contributed by atoms with van der Waals surface area (Å²) in [6, 6.07) is 0. The van der Waals surface area contributed by atoms with E-state index in [0.29, 0.717) is 5.13 Å². The minimum atomic E-state index is -0.334. The molecule has 0 saturated heterocycles. The van der Waals surface area contributed by atoms with E-state index in [2.05, 4.69) is 41.3 Å². The van der Waals surface area contributed by atoms with Crippen molar-refractivity contribution >= 4 is 38.8 Å². The van der Waals surface area contributed by atoms with Crippen molar-refractivity contribution in [3.8, 4) is 0 Å². The van der Waals surface area contributed by atoms with Gasteiger partial charge in [0.1, 0.15) is 0 Å². The van der Waals surface area contributed by atoms with E-state index < -0.39 is 0 Å². The van der Waals surface area contributed by atoms with E-state index in [9.17, 15) is 4.79 Å². The van der Waals surface area contributed by atoms with Gasteiger partial charge in [0, 0.05) is 10.8 Å². The van der Waals surface area contributed by atoms with Gasteiger partial charge in [-0.1, -0.05) is 32.1 Å². The van der Waals surface area contributed by atoms with Gasteiger partial charge in [0.25, 0.3) is 5.91 Å². The van der Waals surface area contributed by atoms with E-state index in [4.69, 9.17) is 5.73 Å². The van der Waals surface area contributed by atoms with Crippen molar-refractivity contribution in [1.82, 2.24) is 15.2 Å². The average molecular weight is 283 g/mol. The third-order valence-electron chi connectivity index (χ3n) is 2.13. The second-order valence-corrected chi connectivity index (χ2v) is 6.55. The number of aromatic nitrogens is 3. The lowest BCUT2D eigenvalue weighted by Crippen LogP contribution is -2.14. The Morgan fingerprint density at radius 1 is 1.39 bits per heavy atom. The average Bonchev–Trinajstić information content (AvgIpc) is 2.85. The molecule has 0 atom stereocenters. The lowest BCUT2D eigenvalue weighted by Gasteiger charge is -2.14. The minimum absolute atomic E-state index is 0.0351. The molecular weight excluding hydrogens is 270 g/mol. The van der Waals surface area contributed by atoms with Gasteiger partial charge in [-0.25, -0.2) is 4.98 Å². The number of carbonyl (C=O) groups excluding carboxylic acids is 1. The maximum absolute atomic E-state index is 11.8. The summed E-state index contributed by atoms with van der Waals surface area (Å²) in [6.07, 6.45) is 0. The summed E-state index contributed by atoms with van der Waals surface area (Å²) < 4.78 is 0. The summed E-state index contributed by atoms with van der Waals surface area (Å²) in [7, 11) is 0. The van der Waals surface area contributed by atoms with Crippen molar-refractivity contribution in [2.24, 2.45) is 0 Å². The van der Waals surface area contributed by atoms with E-state index in [0.717, 1.165) is 17.0 Å². The number of rotatable bonds is 2. The van der Waals surface area contributed by atoms with E-state index in [1.807, 2.05) is 5.38 Å². The summed E-state index contributed by atoms with van der Waals surface area (Å²) >= 11 is 2.44. The van der Waals surface area contributed by atoms with Crippen molar-refractivity contribution in [3.63, 3.8) is 0 Å². The molecule has 0 aliphatic carbocycles. The van der Waals surface area contributed by atoms with Crippen molar-refractivity contribution in [2.45, 2.75) is 26.2 Å². The molecule has 2 aromatic rings. The molecule has 0 aliphatic heterocycles. The van der Waals surface area contributed by atoms with Crippen molar-refractivity contribution < 1.29 is 4.79 Å². The van der Waals surface area contributed by atoms with Crippen molar-refractivity contribution in [3.05, 3.63) is 16.1 Å². The van der Waals surface area contributed by atoms with Crippen LogP contribution in [0.1, 0.15) is 36.3 Å². The standard InChI is InChI=1S/C10H13N5OS2/c1-10(2,3)5-4-17-9(12-5)13-6(16)7-14-15-8(11)18-7/h4H,1-3H3,(H2,11,15)(H,12,13,16). The lowest BCUT2D eigenvalue weighted by molar-refractivity contribution is 0.102. The molecule has 0 unspecified atom stereocenters. The number of nitrogens with zero attached hydrogens (tertiary/aromatic N) is 3. The highest BCUT2D eigenvalue weighted by atomic mass is 32.1. The number of anilines is 2. The van der Waals surface area contributed by atoms with E-state index in [1.165, 1.54) is 11.3 Å². The first-order valence-corrected chi connectivity index (χ1v) is 6.92. The molecule has 1 amide bonds. The molecule has 2 rings (SSSR count). The molecule has 2 heterocycles. The lowest BCUT2D eigenvalue weighted by atomic mass is 9.93. The van der Waals surface area contributed by atoms with Gasteiger partial charge in [-0.15, -0.1) is 21.5 Å². The molecular formula is C10H13N5OS2. The number of carbonyl (C=O) groups is 1. The zero-order chi connectivity index (χ0) is 13.3. The fourth-order valence-electron chi connectivity index (χ4n) is 1.15. The Labute approximate surface area is 112 Å². The highest BCUT2D eigenvalue weighted by Gasteiger charge is 2.19. The molecule has 0 radical (unpaired) electrons. The van der Waals surface area contributed by atoms with E-state index >= 15 is 0 Å². The highest BCUT2D eigenvalue weighted by Crippen LogP contribution is 2.26. The molecule has 8 heteroatoms. The molecule has 2 aromatic heterocycles. The Morgan fingerprint density at radius 3 is 2.61 bits per heavy atom. The summed E-state index contributed by atoms with van der Waals surface area (Å²) in [6.45, 7) is 6.21. The molecule has 96 valence electrons. The van der Waals surface area contributed by atoms with Crippen LogP contribution in [0.4, 0.5) is 10.3 Å². The largest absolute Gasteiger partial charge is 0.374 e. The normalized spacial score (nSPS) is 11.5. The molecule has 0 aliphatic rings. The van der Waals surface area contributed by atoms with E-state index in [1.54, 1.807) is 0 Å². The number of amides is 1. The number of nitrogens with one attached hydrogen (secondary N) is 1. The molecule has 0 bridgehead atoms. The third-order valence-corrected chi connectivity index (χ3v) is 3.64. The topological polar surface area (TPSA) is 93.8 Å². The highest BCUT2D eigenvalue weighted by molar-refractivity contribution is 7.17. The SMILES string of the molecule is CC(C)(C)c1csc(NC(=O)c2nnc(N)s2)n1. The van der Waals surface area contributed by atoms with Crippen LogP contribution in [0, 0.1) is 0 Å². The molecule has 0 spiro atoms. The Balaban J connectivity index is 2.10. The van der Waals surface area contributed by atoms with Crippen LogP contribution in [0.2, 0.25) is 0 Å². The fourth-order valence-corrected chi connectivity index (χ4v) is 2.59. The quantitative estimate of drug-likeness (QED) is 0.880. The Hall–Kier alpha value is -1.54. The molecule has 6 nitrogen and oxygen atoms in total. The Bertz CT molecular complexity index is 569. The van der Waals surface area contributed by atoms with Crippen LogP contribution in [0.5, 0.6) is 0 Å². The van der Waals surface area contributed by atoms with Crippen LogP contribution < -0.4 is 11.1 Å². The molecule has 18 heavy (non-hydrogen) atoms. The zero-order valence-corrected chi connectivity index (χ0v) is 11.9. The van der Waals surface area contributed by atoms with Gasteiger partial charge >= 0.3 is 0 Å². The molecule has 0 saturated carbocycles. The van der Waals surface area contributed by atoms with Crippen LogP contribution in [0.3, 0.4) is 0 Å². The van der Waals surface area contributed by atoms with E-state index in [-0.39, 0.29) is 21.5 Å². The smallest absolute Gasteiger partial charge is 0.288 e. The molecule has 3 N–H and O–H groups in total. The monoisotopic (exact) mass is 283 g/mol. The minimum Gasteiger partial charge on any atom is -0.374 e. The molecule has 0 aromatic carbocycles. The second kappa shape index (κ2) is 4.62. The van der Waals surface area contributed by atoms with Gasteiger partial charge in [-0.2, -0.15) is 0 Å². The molecule has 0 fully saturated rings. The van der Waals surface area contributed by atoms with Crippen molar-refractivity contribution in [1.29, 1.82) is 0 Å². The number of nitrogens with two attached hydrogens (primary N) is 1. The maximum atomic E-state index is 11.8. The van der Waals surface area contributed by atoms with Crippen LogP contribution in [0.15, 0.2) is 5.38 Å². The van der Waals surface area contributed by atoms with Gasteiger partial charge in [0.15, 0.2) is 5.13 Å². The van der Waals surface area contributed by atoms with Crippen molar-refractivity contribution in [2.75, 3.05) is 11.1 Å². The van der Waals surface area contributed by atoms with Gasteiger partial charge < -0.3 is 5.73 Å². The maximum Gasteiger partial charge on any atom is 0.288 e. The zero-order valence-electron chi connectivity index (χ0n) is 10.2. The number of nitrogen functional groups attached to an aromatic ring is 1. The van der Waals surface area contributed by atoms with Gasteiger partial charge in [-0.05, 0) is 0 Å².